The molecule has 0 saturated carbocycles. The maximum absolute atomic E-state index is 12.3. The highest BCUT2D eigenvalue weighted by Gasteiger charge is 2.12. The summed E-state index contributed by atoms with van der Waals surface area (Å²) in [5, 5.41) is 5.76. The summed E-state index contributed by atoms with van der Waals surface area (Å²) < 4.78 is 2.24. The zero-order valence-electron chi connectivity index (χ0n) is 19.0. The molecule has 5 heteroatoms. The van der Waals surface area contributed by atoms with Crippen molar-refractivity contribution in [1.29, 1.82) is 0 Å². The molecule has 0 aliphatic rings. The molecule has 1 aromatic heterocycles. The van der Waals surface area contributed by atoms with Crippen LogP contribution in [0.4, 0.5) is 16.2 Å². The van der Waals surface area contributed by atoms with Crippen LogP contribution in [0.2, 0.25) is 0 Å². The van der Waals surface area contributed by atoms with Gasteiger partial charge in [0.15, 0.2) is 0 Å². The number of hydrogen-bond acceptors (Lipinski definition) is 2. The highest BCUT2D eigenvalue weighted by atomic mass is 16.2. The standard InChI is InChI=1S/C29H26N4O/c1-21-8-7-9-24(20-21)31-29(34)30-23-17-14-22(15-18-23)16-19-28-32-26-12-5-6-13-27(26)33(28)25-10-3-2-4-11-25/h2-15,17-18,20H,16,19H2,1H3,(H2,30,31,34). The summed E-state index contributed by atoms with van der Waals surface area (Å²) in [5.41, 5.74) is 7.05. The Morgan fingerprint density at radius 1 is 0.765 bits per heavy atom. The number of hydrogen-bond donors (Lipinski definition) is 2. The number of fused-ring (bicyclic) bond motifs is 1. The quantitative estimate of drug-likeness (QED) is 0.303. The third-order valence-electron chi connectivity index (χ3n) is 5.77. The Morgan fingerprint density at radius 3 is 2.29 bits per heavy atom. The van der Waals surface area contributed by atoms with Crippen LogP contribution in [0.1, 0.15) is 17.0 Å². The Hall–Kier alpha value is -4.38. The molecule has 0 aliphatic carbocycles. The van der Waals surface area contributed by atoms with E-state index in [-0.39, 0.29) is 6.03 Å². The van der Waals surface area contributed by atoms with E-state index in [9.17, 15) is 4.79 Å². The number of nitrogens with one attached hydrogen (secondary N) is 2. The molecule has 5 nitrogen and oxygen atoms in total. The molecule has 0 fully saturated rings. The van der Waals surface area contributed by atoms with Crippen LogP contribution in [0.25, 0.3) is 16.7 Å². The number of rotatable bonds is 6. The fraction of sp³-hybridized carbons (Fsp3) is 0.103. The second-order valence-electron chi connectivity index (χ2n) is 8.33. The second kappa shape index (κ2) is 9.63. The number of amides is 2. The van der Waals surface area contributed by atoms with Crippen LogP contribution in [-0.2, 0) is 12.8 Å². The lowest BCUT2D eigenvalue weighted by Crippen LogP contribution is -2.19. The number of benzene rings is 4. The van der Waals surface area contributed by atoms with E-state index in [2.05, 4.69) is 63.7 Å². The van der Waals surface area contributed by atoms with Gasteiger partial charge in [-0.05, 0) is 73.0 Å². The highest BCUT2D eigenvalue weighted by molar-refractivity contribution is 5.99. The Morgan fingerprint density at radius 2 is 1.50 bits per heavy atom. The molecule has 4 aromatic carbocycles. The van der Waals surface area contributed by atoms with Crippen molar-refractivity contribution >= 4 is 28.4 Å². The van der Waals surface area contributed by atoms with Gasteiger partial charge >= 0.3 is 6.03 Å². The number of urea groups is 1. The molecule has 0 unspecified atom stereocenters. The first-order valence-electron chi connectivity index (χ1n) is 11.4. The van der Waals surface area contributed by atoms with Crippen molar-refractivity contribution in [3.8, 4) is 5.69 Å². The molecule has 168 valence electrons. The molecule has 2 N–H and O–H groups in total. The first kappa shape index (κ1) is 21.5. The fourth-order valence-corrected chi connectivity index (χ4v) is 4.14. The SMILES string of the molecule is Cc1cccc(NC(=O)Nc2ccc(CCc3nc4ccccc4n3-c3ccccc3)cc2)c1. The van der Waals surface area contributed by atoms with Crippen molar-refractivity contribution in [1.82, 2.24) is 9.55 Å². The van der Waals surface area contributed by atoms with Gasteiger partial charge in [0.05, 0.1) is 11.0 Å². The van der Waals surface area contributed by atoms with Gasteiger partial charge in [-0.1, -0.05) is 54.6 Å². The summed E-state index contributed by atoms with van der Waals surface area (Å²) in [4.78, 5) is 17.2. The van der Waals surface area contributed by atoms with E-state index in [0.717, 1.165) is 52.3 Å². The first-order chi connectivity index (χ1) is 16.7. The average molecular weight is 447 g/mol. The predicted molar refractivity (Wildman–Crippen MR) is 139 cm³/mol. The second-order valence-corrected chi connectivity index (χ2v) is 8.33. The minimum absolute atomic E-state index is 0.255. The summed E-state index contributed by atoms with van der Waals surface area (Å²) in [5.74, 6) is 1.03. The molecule has 0 aliphatic heterocycles. The van der Waals surface area contributed by atoms with E-state index in [1.807, 2.05) is 61.5 Å². The monoisotopic (exact) mass is 446 g/mol. The van der Waals surface area contributed by atoms with Crippen molar-refractivity contribution in [2.45, 2.75) is 19.8 Å². The van der Waals surface area contributed by atoms with Crippen molar-refractivity contribution < 1.29 is 4.79 Å². The largest absolute Gasteiger partial charge is 0.323 e. The zero-order chi connectivity index (χ0) is 23.3. The summed E-state index contributed by atoms with van der Waals surface area (Å²) in [6.07, 6.45) is 1.66. The molecular formula is C29H26N4O. The minimum Gasteiger partial charge on any atom is -0.308 e. The van der Waals surface area contributed by atoms with E-state index >= 15 is 0 Å². The van der Waals surface area contributed by atoms with Gasteiger partial charge in [-0.3, -0.25) is 4.57 Å². The lowest BCUT2D eigenvalue weighted by molar-refractivity contribution is 0.262. The van der Waals surface area contributed by atoms with E-state index in [0.29, 0.717) is 0 Å². The topological polar surface area (TPSA) is 59.0 Å². The van der Waals surface area contributed by atoms with E-state index < -0.39 is 0 Å². The number of para-hydroxylation sites is 3. The van der Waals surface area contributed by atoms with Gasteiger partial charge in [0, 0.05) is 23.5 Å². The summed E-state index contributed by atoms with van der Waals surface area (Å²) >= 11 is 0. The maximum Gasteiger partial charge on any atom is 0.323 e. The van der Waals surface area contributed by atoms with Gasteiger partial charge in [0.2, 0.25) is 0 Å². The van der Waals surface area contributed by atoms with Gasteiger partial charge in [-0.15, -0.1) is 0 Å². The number of nitrogens with zero attached hydrogens (tertiary/aromatic N) is 2. The van der Waals surface area contributed by atoms with E-state index in [4.69, 9.17) is 4.98 Å². The van der Waals surface area contributed by atoms with Crippen LogP contribution in [0, 0.1) is 6.92 Å². The third-order valence-corrected chi connectivity index (χ3v) is 5.77. The number of anilines is 2. The molecule has 1 heterocycles. The van der Waals surface area contributed by atoms with Crippen LogP contribution in [0.3, 0.4) is 0 Å². The highest BCUT2D eigenvalue weighted by Crippen LogP contribution is 2.23. The van der Waals surface area contributed by atoms with Gasteiger partial charge in [-0.2, -0.15) is 0 Å². The van der Waals surface area contributed by atoms with Crippen molar-refractivity contribution in [3.63, 3.8) is 0 Å². The fourth-order valence-electron chi connectivity index (χ4n) is 4.14. The van der Waals surface area contributed by atoms with Gasteiger partial charge in [0.25, 0.3) is 0 Å². The van der Waals surface area contributed by atoms with Crippen LogP contribution in [-0.4, -0.2) is 15.6 Å². The molecule has 2 amide bonds. The molecule has 0 spiro atoms. The number of imidazole rings is 1. The Bertz CT molecular complexity index is 1420. The third kappa shape index (κ3) is 4.84. The van der Waals surface area contributed by atoms with Crippen molar-refractivity contribution in [2.75, 3.05) is 10.6 Å². The predicted octanol–water partition coefficient (Wildman–Crippen LogP) is 6.76. The average Bonchev–Trinajstić information content (AvgIpc) is 3.22. The molecule has 5 aromatic rings. The van der Waals surface area contributed by atoms with Crippen LogP contribution in [0.5, 0.6) is 0 Å². The van der Waals surface area contributed by atoms with Crippen LogP contribution in [0.15, 0.2) is 103 Å². The number of aromatic nitrogens is 2. The number of carbonyl (C=O) groups is 1. The lowest BCUT2D eigenvalue weighted by atomic mass is 10.1. The minimum atomic E-state index is -0.255. The van der Waals surface area contributed by atoms with Crippen molar-refractivity contribution in [3.05, 3.63) is 120 Å². The smallest absolute Gasteiger partial charge is 0.308 e. The first-order valence-corrected chi connectivity index (χ1v) is 11.4. The molecule has 5 rings (SSSR count). The van der Waals surface area contributed by atoms with Gasteiger partial charge < -0.3 is 10.6 Å². The van der Waals surface area contributed by atoms with Crippen LogP contribution >= 0.6 is 0 Å². The lowest BCUT2D eigenvalue weighted by Gasteiger charge is -2.10. The summed E-state index contributed by atoms with van der Waals surface area (Å²) in [6.45, 7) is 2.00. The summed E-state index contributed by atoms with van der Waals surface area (Å²) in [7, 11) is 0. The Balaban J connectivity index is 1.27. The molecule has 0 atom stereocenters. The maximum atomic E-state index is 12.3. The van der Waals surface area contributed by atoms with E-state index in [1.54, 1.807) is 0 Å². The normalized spacial score (nSPS) is 10.9. The van der Waals surface area contributed by atoms with Crippen LogP contribution < -0.4 is 10.6 Å². The number of carbonyl (C=O) groups excluding carboxylic acids is 1. The van der Waals surface area contributed by atoms with Gasteiger partial charge in [-0.25, -0.2) is 9.78 Å². The molecular weight excluding hydrogens is 420 g/mol. The molecule has 0 saturated heterocycles. The Labute approximate surface area is 199 Å². The molecule has 0 radical (unpaired) electrons. The zero-order valence-corrected chi connectivity index (χ0v) is 19.0. The Kier molecular flexibility index (Phi) is 6.08. The number of aryl methyl sites for hydroxylation is 3. The summed E-state index contributed by atoms with van der Waals surface area (Å²) in [6, 6.07) is 34.0. The van der Waals surface area contributed by atoms with Crippen molar-refractivity contribution in [2.24, 2.45) is 0 Å². The van der Waals surface area contributed by atoms with Gasteiger partial charge in [0.1, 0.15) is 5.82 Å². The van der Waals surface area contributed by atoms with E-state index in [1.165, 1.54) is 5.56 Å². The molecule has 0 bridgehead atoms. The molecule has 34 heavy (non-hydrogen) atoms.